The minimum atomic E-state index is 0.470. The summed E-state index contributed by atoms with van der Waals surface area (Å²) in [5.41, 5.74) is 2.49. The second kappa shape index (κ2) is 7.87. The Bertz CT molecular complexity index is 772. The molecule has 1 heterocycles. The van der Waals surface area contributed by atoms with Crippen molar-refractivity contribution in [2.45, 2.75) is 96.9 Å². The van der Waals surface area contributed by atoms with E-state index in [0.717, 1.165) is 42.8 Å². The van der Waals surface area contributed by atoms with Crippen LogP contribution in [0.1, 0.15) is 83.6 Å². The fraction of sp³-hybridized carbons (Fsp3) is 0.793. The minimum Gasteiger partial charge on any atom is -0.374 e. The van der Waals surface area contributed by atoms with Crippen LogP contribution in [0.15, 0.2) is 30.3 Å². The largest absolute Gasteiger partial charge is 0.374 e. The Morgan fingerprint density at radius 1 is 0.903 bits per heavy atom. The molecule has 6 rings (SSSR count). The van der Waals surface area contributed by atoms with E-state index in [2.05, 4.69) is 44.2 Å². The highest BCUT2D eigenvalue weighted by Gasteiger charge is 2.60. The molecule has 2 nitrogen and oxygen atoms in total. The molecule has 31 heavy (non-hydrogen) atoms. The van der Waals surface area contributed by atoms with Gasteiger partial charge in [-0.2, -0.15) is 0 Å². The molecule has 1 aromatic rings. The fourth-order valence-corrected chi connectivity index (χ4v) is 9.18. The Kier molecular flexibility index (Phi) is 5.26. The van der Waals surface area contributed by atoms with Crippen molar-refractivity contribution in [3.63, 3.8) is 0 Å². The van der Waals surface area contributed by atoms with Crippen molar-refractivity contribution >= 4 is 0 Å². The number of benzene rings is 1. The molecule has 0 N–H and O–H groups in total. The second-order valence-corrected chi connectivity index (χ2v) is 12.4. The van der Waals surface area contributed by atoms with E-state index in [-0.39, 0.29) is 0 Å². The van der Waals surface area contributed by atoms with Crippen LogP contribution in [-0.2, 0) is 16.1 Å². The number of ether oxygens (including phenoxy) is 2. The van der Waals surface area contributed by atoms with Gasteiger partial charge in [0.1, 0.15) is 0 Å². The van der Waals surface area contributed by atoms with Crippen molar-refractivity contribution in [3.05, 3.63) is 35.9 Å². The lowest BCUT2D eigenvalue weighted by molar-refractivity contribution is -0.136. The second-order valence-electron chi connectivity index (χ2n) is 12.4. The highest BCUT2D eigenvalue weighted by atomic mass is 16.6. The molecular weight excluding hydrogens is 380 g/mol. The average molecular weight is 423 g/mol. The predicted molar refractivity (Wildman–Crippen MR) is 125 cm³/mol. The Labute approximate surface area is 189 Å². The summed E-state index contributed by atoms with van der Waals surface area (Å²) in [7, 11) is 0. The molecule has 5 aliphatic rings. The molecule has 9 atom stereocenters. The van der Waals surface area contributed by atoms with Gasteiger partial charge in [-0.05, 0) is 110 Å². The monoisotopic (exact) mass is 422 g/mol. The Morgan fingerprint density at radius 3 is 2.48 bits per heavy atom. The zero-order valence-electron chi connectivity index (χ0n) is 19.7. The fourth-order valence-electron chi connectivity index (χ4n) is 9.18. The Hall–Kier alpha value is -0.860. The zero-order chi connectivity index (χ0) is 21.1. The topological polar surface area (TPSA) is 21.8 Å². The molecule has 0 spiro atoms. The smallest absolute Gasteiger partial charge is 0.0812 e. The summed E-state index contributed by atoms with van der Waals surface area (Å²) < 4.78 is 12.1. The van der Waals surface area contributed by atoms with E-state index in [9.17, 15) is 0 Å². The van der Waals surface area contributed by atoms with Crippen LogP contribution in [-0.4, -0.2) is 18.8 Å². The maximum atomic E-state index is 6.43. The summed E-state index contributed by atoms with van der Waals surface area (Å²) in [6, 6.07) is 10.7. The average Bonchev–Trinajstić information content (AvgIpc) is 3.54. The normalized spacial score (nSPS) is 48.5. The van der Waals surface area contributed by atoms with Crippen LogP contribution < -0.4 is 0 Å². The summed E-state index contributed by atoms with van der Waals surface area (Å²) in [5.74, 6) is 4.75. The molecule has 1 aromatic carbocycles. The van der Waals surface area contributed by atoms with Crippen molar-refractivity contribution in [1.29, 1.82) is 0 Å². The van der Waals surface area contributed by atoms with Gasteiger partial charge in [0.2, 0.25) is 0 Å². The van der Waals surface area contributed by atoms with Crippen LogP contribution in [0, 0.1) is 40.4 Å². The Balaban J connectivity index is 1.12. The first-order valence-electron chi connectivity index (χ1n) is 13.3. The molecule has 0 bridgehead atoms. The highest BCUT2D eigenvalue weighted by molar-refractivity contribution is 5.14. The van der Waals surface area contributed by atoms with Crippen molar-refractivity contribution < 1.29 is 9.47 Å². The minimum absolute atomic E-state index is 0.470. The molecule has 6 unspecified atom stereocenters. The molecule has 170 valence electrons. The molecule has 0 amide bonds. The van der Waals surface area contributed by atoms with E-state index < -0.39 is 0 Å². The van der Waals surface area contributed by atoms with Crippen LogP contribution in [0.4, 0.5) is 0 Å². The maximum Gasteiger partial charge on any atom is 0.0812 e. The van der Waals surface area contributed by atoms with Gasteiger partial charge in [0.05, 0.1) is 25.4 Å². The van der Waals surface area contributed by atoms with Gasteiger partial charge in [0, 0.05) is 0 Å². The van der Waals surface area contributed by atoms with Gasteiger partial charge in [0.15, 0.2) is 0 Å². The third kappa shape index (κ3) is 3.61. The quantitative estimate of drug-likeness (QED) is 0.476. The standard InChI is InChI=1S/C29H42O2/c1-28-14-12-23(30-18-20-6-4-3-5-7-20)16-21(28)8-10-25-26-11-9-22(17-24-19-31-24)29(26,2)15-13-27(25)28/h3-7,21-27H,8-19H2,1-2H3/t21-,22?,23?,24?,25?,26?,27?,28+,29-/m1/s1. The van der Waals surface area contributed by atoms with E-state index in [1.807, 2.05) is 0 Å². The van der Waals surface area contributed by atoms with Crippen LogP contribution in [0.3, 0.4) is 0 Å². The molecule has 5 fully saturated rings. The zero-order valence-corrected chi connectivity index (χ0v) is 19.7. The summed E-state index contributed by atoms with van der Waals surface area (Å²) in [4.78, 5) is 0. The van der Waals surface area contributed by atoms with Gasteiger partial charge >= 0.3 is 0 Å². The molecule has 4 saturated carbocycles. The number of hydrogen-bond donors (Lipinski definition) is 0. The van der Waals surface area contributed by atoms with Crippen molar-refractivity contribution in [2.75, 3.05) is 6.61 Å². The van der Waals surface area contributed by atoms with E-state index in [4.69, 9.17) is 9.47 Å². The van der Waals surface area contributed by atoms with Gasteiger partial charge in [0.25, 0.3) is 0 Å². The van der Waals surface area contributed by atoms with Gasteiger partial charge in [-0.1, -0.05) is 44.2 Å². The van der Waals surface area contributed by atoms with Crippen molar-refractivity contribution in [2.24, 2.45) is 40.4 Å². The number of fused-ring (bicyclic) bond motifs is 5. The van der Waals surface area contributed by atoms with Gasteiger partial charge in [-0.3, -0.25) is 0 Å². The first-order chi connectivity index (χ1) is 15.1. The van der Waals surface area contributed by atoms with Gasteiger partial charge < -0.3 is 9.47 Å². The maximum absolute atomic E-state index is 6.43. The third-order valence-electron chi connectivity index (χ3n) is 11.1. The van der Waals surface area contributed by atoms with Crippen molar-refractivity contribution in [3.8, 4) is 0 Å². The van der Waals surface area contributed by atoms with Crippen LogP contribution in [0.2, 0.25) is 0 Å². The molecule has 4 aliphatic carbocycles. The lowest BCUT2D eigenvalue weighted by Crippen LogP contribution is -2.54. The molecule has 1 aliphatic heterocycles. The van der Waals surface area contributed by atoms with Crippen molar-refractivity contribution in [1.82, 2.24) is 0 Å². The summed E-state index contributed by atoms with van der Waals surface area (Å²) in [5, 5.41) is 0. The van der Waals surface area contributed by atoms with Crippen LogP contribution in [0.25, 0.3) is 0 Å². The molecule has 2 heteroatoms. The predicted octanol–water partition coefficient (Wildman–Crippen LogP) is 7.02. The summed E-state index contributed by atoms with van der Waals surface area (Å²) in [6.45, 7) is 7.19. The number of rotatable bonds is 5. The first kappa shape index (κ1) is 20.7. The van der Waals surface area contributed by atoms with Crippen LogP contribution >= 0.6 is 0 Å². The van der Waals surface area contributed by atoms with E-state index in [1.54, 1.807) is 0 Å². The molecule has 0 radical (unpaired) electrons. The van der Waals surface area contributed by atoms with E-state index in [0.29, 0.717) is 23.0 Å². The SMILES string of the molecule is C[C@]12CCC3C(CC[C@@H]4CC(OCc5ccccc5)CC[C@]34C)C1CCC2CC1CO1. The number of epoxide rings is 1. The third-order valence-corrected chi connectivity index (χ3v) is 11.1. The molecule has 0 aromatic heterocycles. The van der Waals surface area contributed by atoms with Crippen LogP contribution in [0.5, 0.6) is 0 Å². The lowest BCUT2D eigenvalue weighted by Gasteiger charge is -2.61. The van der Waals surface area contributed by atoms with E-state index >= 15 is 0 Å². The van der Waals surface area contributed by atoms with E-state index in [1.165, 1.54) is 69.8 Å². The summed E-state index contributed by atoms with van der Waals surface area (Å²) >= 11 is 0. The molecular formula is C29H42O2. The van der Waals surface area contributed by atoms with Gasteiger partial charge in [-0.25, -0.2) is 0 Å². The molecule has 1 saturated heterocycles. The highest BCUT2D eigenvalue weighted by Crippen LogP contribution is 2.68. The number of hydrogen-bond acceptors (Lipinski definition) is 2. The van der Waals surface area contributed by atoms with Gasteiger partial charge in [-0.15, -0.1) is 0 Å². The summed E-state index contributed by atoms with van der Waals surface area (Å²) in [6.07, 6.45) is 15.3. The lowest BCUT2D eigenvalue weighted by atomic mass is 9.44. The Morgan fingerprint density at radius 2 is 1.68 bits per heavy atom. The first-order valence-corrected chi connectivity index (χ1v) is 13.3.